The van der Waals surface area contributed by atoms with E-state index in [9.17, 15) is 5.11 Å². The standard InChI is InChI=1S/C18H22BrNO/c1-12(2)14-5-7-15(8-6-14)18(21)11-20-16-9-4-13(3)17(19)10-16/h4-10,12,18,20-21H,11H2,1-3H3. The summed E-state index contributed by atoms with van der Waals surface area (Å²) in [5, 5.41) is 13.5. The first-order valence-electron chi connectivity index (χ1n) is 7.25. The molecule has 2 nitrogen and oxygen atoms in total. The Bertz CT molecular complexity index is 593. The summed E-state index contributed by atoms with van der Waals surface area (Å²) < 4.78 is 1.07. The first-order valence-corrected chi connectivity index (χ1v) is 8.04. The molecule has 1 unspecified atom stereocenters. The minimum atomic E-state index is -0.508. The molecule has 112 valence electrons. The Kier molecular flexibility index (Phi) is 5.43. The van der Waals surface area contributed by atoms with Crippen LogP contribution < -0.4 is 5.32 Å². The van der Waals surface area contributed by atoms with Crippen LogP contribution in [0.1, 0.15) is 42.6 Å². The molecule has 0 aromatic heterocycles. The number of hydrogen-bond acceptors (Lipinski definition) is 2. The van der Waals surface area contributed by atoms with Crippen molar-refractivity contribution < 1.29 is 5.11 Å². The molecule has 0 saturated carbocycles. The molecular formula is C18H22BrNO. The summed E-state index contributed by atoms with van der Waals surface area (Å²) in [6.45, 7) is 6.89. The zero-order chi connectivity index (χ0) is 15.4. The third kappa shape index (κ3) is 4.32. The summed E-state index contributed by atoms with van der Waals surface area (Å²) in [6, 6.07) is 14.3. The number of halogens is 1. The van der Waals surface area contributed by atoms with Crippen molar-refractivity contribution in [1.82, 2.24) is 0 Å². The average Bonchev–Trinajstić information content (AvgIpc) is 2.48. The van der Waals surface area contributed by atoms with Gasteiger partial charge in [-0.2, -0.15) is 0 Å². The van der Waals surface area contributed by atoms with Crippen LogP contribution in [-0.4, -0.2) is 11.7 Å². The maximum absolute atomic E-state index is 10.3. The van der Waals surface area contributed by atoms with Crippen LogP contribution in [0.5, 0.6) is 0 Å². The molecule has 0 bridgehead atoms. The molecule has 21 heavy (non-hydrogen) atoms. The normalized spacial score (nSPS) is 12.5. The van der Waals surface area contributed by atoms with Crippen LogP contribution in [0.15, 0.2) is 46.9 Å². The molecule has 0 saturated heterocycles. The van der Waals surface area contributed by atoms with Gasteiger partial charge in [0.05, 0.1) is 6.10 Å². The van der Waals surface area contributed by atoms with Gasteiger partial charge in [-0.15, -0.1) is 0 Å². The Balaban J connectivity index is 1.97. The summed E-state index contributed by atoms with van der Waals surface area (Å²) >= 11 is 3.52. The number of nitrogens with one attached hydrogen (secondary N) is 1. The van der Waals surface area contributed by atoms with Crippen molar-refractivity contribution in [2.75, 3.05) is 11.9 Å². The second-order valence-electron chi connectivity index (χ2n) is 5.68. The average molecular weight is 348 g/mol. The van der Waals surface area contributed by atoms with Crippen LogP contribution >= 0.6 is 15.9 Å². The van der Waals surface area contributed by atoms with E-state index < -0.39 is 6.10 Å². The predicted molar refractivity (Wildman–Crippen MR) is 92.9 cm³/mol. The number of aliphatic hydroxyl groups excluding tert-OH is 1. The lowest BCUT2D eigenvalue weighted by Crippen LogP contribution is -2.12. The molecule has 2 aromatic carbocycles. The summed E-state index contributed by atoms with van der Waals surface area (Å²) in [7, 11) is 0. The summed E-state index contributed by atoms with van der Waals surface area (Å²) in [5.41, 5.74) is 4.44. The van der Waals surface area contributed by atoms with E-state index in [1.54, 1.807) is 0 Å². The van der Waals surface area contributed by atoms with Crippen molar-refractivity contribution in [3.63, 3.8) is 0 Å². The Morgan fingerprint density at radius 3 is 2.24 bits per heavy atom. The first kappa shape index (κ1) is 16.1. The third-order valence-electron chi connectivity index (χ3n) is 3.66. The zero-order valence-corrected chi connectivity index (χ0v) is 14.3. The van der Waals surface area contributed by atoms with Gasteiger partial charge in [0.1, 0.15) is 0 Å². The van der Waals surface area contributed by atoms with Crippen LogP contribution in [-0.2, 0) is 0 Å². The molecule has 0 amide bonds. The Morgan fingerprint density at radius 2 is 1.67 bits per heavy atom. The van der Waals surface area contributed by atoms with Crippen molar-refractivity contribution in [2.45, 2.75) is 32.8 Å². The van der Waals surface area contributed by atoms with Gasteiger partial charge in [-0.3, -0.25) is 0 Å². The monoisotopic (exact) mass is 347 g/mol. The van der Waals surface area contributed by atoms with E-state index in [4.69, 9.17) is 0 Å². The molecule has 0 fully saturated rings. The summed E-state index contributed by atoms with van der Waals surface area (Å²) in [5.74, 6) is 0.513. The lowest BCUT2D eigenvalue weighted by atomic mass is 10.00. The van der Waals surface area contributed by atoms with Gasteiger partial charge < -0.3 is 10.4 Å². The van der Waals surface area contributed by atoms with E-state index in [1.165, 1.54) is 11.1 Å². The fourth-order valence-corrected chi connectivity index (χ4v) is 2.52. The molecule has 0 spiro atoms. The zero-order valence-electron chi connectivity index (χ0n) is 12.7. The minimum absolute atomic E-state index is 0.497. The van der Waals surface area contributed by atoms with Crippen molar-refractivity contribution in [3.8, 4) is 0 Å². The van der Waals surface area contributed by atoms with Gasteiger partial charge in [-0.25, -0.2) is 0 Å². The van der Waals surface area contributed by atoms with Crippen LogP contribution in [0, 0.1) is 6.92 Å². The first-order chi connectivity index (χ1) is 9.97. The lowest BCUT2D eigenvalue weighted by molar-refractivity contribution is 0.191. The van der Waals surface area contributed by atoms with Gasteiger partial charge >= 0.3 is 0 Å². The van der Waals surface area contributed by atoms with Gasteiger partial charge in [0, 0.05) is 16.7 Å². The molecule has 2 aromatic rings. The highest BCUT2D eigenvalue weighted by atomic mass is 79.9. The van der Waals surface area contributed by atoms with Crippen LogP contribution in [0.25, 0.3) is 0 Å². The molecule has 0 heterocycles. The van der Waals surface area contributed by atoms with Crippen LogP contribution in [0.4, 0.5) is 5.69 Å². The third-order valence-corrected chi connectivity index (χ3v) is 4.51. The molecule has 0 aliphatic rings. The number of hydrogen-bond donors (Lipinski definition) is 2. The van der Waals surface area contributed by atoms with E-state index >= 15 is 0 Å². The Hall–Kier alpha value is -1.32. The molecule has 3 heteroatoms. The highest BCUT2D eigenvalue weighted by molar-refractivity contribution is 9.10. The van der Waals surface area contributed by atoms with E-state index in [0.29, 0.717) is 12.5 Å². The van der Waals surface area contributed by atoms with Crippen LogP contribution in [0.2, 0.25) is 0 Å². The van der Waals surface area contributed by atoms with Crippen LogP contribution in [0.3, 0.4) is 0 Å². The smallest absolute Gasteiger partial charge is 0.0962 e. The maximum Gasteiger partial charge on any atom is 0.0962 e. The summed E-state index contributed by atoms with van der Waals surface area (Å²) in [6.07, 6.45) is -0.508. The molecule has 1 atom stereocenters. The van der Waals surface area contributed by atoms with Gasteiger partial charge in [0.2, 0.25) is 0 Å². The fraction of sp³-hybridized carbons (Fsp3) is 0.333. The molecular weight excluding hydrogens is 326 g/mol. The van der Waals surface area contributed by atoms with Gasteiger partial charge in [0.25, 0.3) is 0 Å². The maximum atomic E-state index is 10.3. The van der Waals surface area contributed by atoms with Gasteiger partial charge in [0.15, 0.2) is 0 Å². The Labute approximate surface area is 135 Å². The van der Waals surface area contributed by atoms with Crippen molar-refractivity contribution in [1.29, 1.82) is 0 Å². The quantitative estimate of drug-likeness (QED) is 0.795. The van der Waals surface area contributed by atoms with Crippen molar-refractivity contribution in [3.05, 3.63) is 63.6 Å². The topological polar surface area (TPSA) is 32.3 Å². The van der Waals surface area contributed by atoms with Crippen molar-refractivity contribution in [2.24, 2.45) is 0 Å². The lowest BCUT2D eigenvalue weighted by Gasteiger charge is -2.15. The predicted octanol–water partition coefficient (Wildman–Crippen LogP) is 5.03. The van der Waals surface area contributed by atoms with E-state index in [2.05, 4.69) is 60.2 Å². The molecule has 0 aliphatic heterocycles. The highest BCUT2D eigenvalue weighted by Crippen LogP contribution is 2.22. The fourth-order valence-electron chi connectivity index (χ4n) is 2.14. The van der Waals surface area contributed by atoms with E-state index in [0.717, 1.165) is 15.7 Å². The number of benzene rings is 2. The SMILES string of the molecule is Cc1ccc(NCC(O)c2ccc(C(C)C)cc2)cc1Br. The van der Waals surface area contributed by atoms with Crippen molar-refractivity contribution >= 4 is 21.6 Å². The largest absolute Gasteiger partial charge is 0.387 e. The van der Waals surface area contributed by atoms with Gasteiger partial charge in [-0.05, 0) is 41.7 Å². The number of anilines is 1. The Morgan fingerprint density at radius 1 is 1.05 bits per heavy atom. The van der Waals surface area contributed by atoms with E-state index in [1.807, 2.05) is 24.3 Å². The molecule has 0 radical (unpaired) electrons. The number of aryl methyl sites for hydroxylation is 1. The second-order valence-corrected chi connectivity index (χ2v) is 6.54. The second kappa shape index (κ2) is 7.10. The number of rotatable bonds is 5. The summed E-state index contributed by atoms with van der Waals surface area (Å²) in [4.78, 5) is 0. The van der Waals surface area contributed by atoms with E-state index in [-0.39, 0.29) is 0 Å². The molecule has 2 rings (SSSR count). The minimum Gasteiger partial charge on any atom is -0.387 e. The highest BCUT2D eigenvalue weighted by Gasteiger charge is 2.08. The number of aliphatic hydroxyl groups is 1. The van der Waals surface area contributed by atoms with Gasteiger partial charge in [-0.1, -0.05) is 60.1 Å². The molecule has 2 N–H and O–H groups in total. The molecule has 0 aliphatic carbocycles.